The molecule has 0 bridgehead atoms. The summed E-state index contributed by atoms with van der Waals surface area (Å²) in [5.41, 5.74) is 4.03. The monoisotopic (exact) mass is 406 g/mol. The first kappa shape index (κ1) is 20.1. The number of hydrogen-bond acceptors (Lipinski definition) is 4. The molecule has 2 heterocycles. The van der Waals surface area contributed by atoms with Crippen LogP contribution in [-0.2, 0) is 16.6 Å². The fraction of sp³-hybridized carbons (Fsp3) is 0.304. The summed E-state index contributed by atoms with van der Waals surface area (Å²) in [7, 11) is 1.88. The number of hydrogen-bond donors (Lipinski definition) is 2. The average Bonchev–Trinajstić information content (AvgIpc) is 3.04. The Morgan fingerprint density at radius 2 is 1.73 bits per heavy atom. The zero-order valence-corrected chi connectivity index (χ0v) is 17.3. The summed E-state index contributed by atoms with van der Waals surface area (Å²) in [5, 5.41) is 6.87. The molecule has 2 N–H and O–H groups in total. The third kappa shape index (κ3) is 4.53. The number of benzene rings is 2. The Labute approximate surface area is 175 Å². The highest BCUT2D eigenvalue weighted by atomic mass is 16.5. The minimum atomic E-state index is -0.192. The van der Waals surface area contributed by atoms with E-state index in [4.69, 9.17) is 4.74 Å². The number of carbonyl (C=O) groups excluding carboxylic acids is 2. The van der Waals surface area contributed by atoms with Crippen LogP contribution in [-0.4, -0.2) is 54.1 Å². The van der Waals surface area contributed by atoms with Crippen molar-refractivity contribution >= 4 is 34.1 Å². The smallest absolute Gasteiger partial charge is 0.272 e. The topological polar surface area (TPSA) is 75.6 Å². The second-order valence-electron chi connectivity index (χ2n) is 7.62. The van der Waals surface area contributed by atoms with E-state index in [1.807, 2.05) is 54.9 Å². The number of fused-ring (bicyclic) bond motifs is 1. The number of ether oxygens (including phenoxy) is 1. The van der Waals surface area contributed by atoms with Crippen molar-refractivity contribution in [3.8, 4) is 0 Å². The Balaban J connectivity index is 1.43. The highest BCUT2D eigenvalue weighted by Crippen LogP contribution is 2.22. The second-order valence-corrected chi connectivity index (χ2v) is 7.62. The molecule has 0 radical (unpaired) electrons. The van der Waals surface area contributed by atoms with Crippen LogP contribution >= 0.6 is 0 Å². The summed E-state index contributed by atoms with van der Waals surface area (Å²) in [5.74, 6) is -0.271. The molecule has 1 aromatic heterocycles. The maximum absolute atomic E-state index is 12.8. The predicted molar refractivity (Wildman–Crippen MR) is 118 cm³/mol. The van der Waals surface area contributed by atoms with Crippen molar-refractivity contribution in [1.82, 2.24) is 9.47 Å². The molecule has 0 unspecified atom stereocenters. The van der Waals surface area contributed by atoms with Crippen LogP contribution in [0.2, 0.25) is 0 Å². The largest absolute Gasteiger partial charge is 0.379 e. The lowest BCUT2D eigenvalue weighted by molar-refractivity contribution is -0.118. The van der Waals surface area contributed by atoms with Crippen LogP contribution in [0.3, 0.4) is 0 Å². The van der Waals surface area contributed by atoms with Crippen molar-refractivity contribution in [2.75, 3.05) is 43.5 Å². The van der Waals surface area contributed by atoms with Gasteiger partial charge in [0.05, 0.1) is 19.8 Å². The second kappa shape index (κ2) is 8.69. The molecule has 156 valence electrons. The molecule has 2 amide bonds. The summed E-state index contributed by atoms with van der Waals surface area (Å²) < 4.78 is 7.19. The van der Waals surface area contributed by atoms with Gasteiger partial charge in [0.2, 0.25) is 5.91 Å². The number of rotatable bonds is 5. The van der Waals surface area contributed by atoms with Crippen molar-refractivity contribution in [2.45, 2.75) is 6.92 Å². The molecule has 4 rings (SSSR count). The van der Waals surface area contributed by atoms with Crippen LogP contribution in [0.5, 0.6) is 0 Å². The number of morpholine rings is 1. The third-order valence-electron chi connectivity index (χ3n) is 5.31. The third-order valence-corrected chi connectivity index (χ3v) is 5.31. The average molecular weight is 406 g/mol. The van der Waals surface area contributed by atoms with E-state index in [9.17, 15) is 9.59 Å². The molecule has 1 aliphatic heterocycles. The number of aryl methyl sites for hydroxylation is 2. The normalized spacial score (nSPS) is 14.6. The lowest BCUT2D eigenvalue weighted by Gasteiger charge is -2.25. The molecule has 0 aliphatic carbocycles. The Bertz CT molecular complexity index is 1080. The van der Waals surface area contributed by atoms with E-state index >= 15 is 0 Å². The number of nitrogens with one attached hydrogen (secondary N) is 2. The maximum Gasteiger partial charge on any atom is 0.272 e. The Morgan fingerprint density at radius 3 is 2.50 bits per heavy atom. The van der Waals surface area contributed by atoms with Crippen molar-refractivity contribution < 1.29 is 14.3 Å². The lowest BCUT2D eigenvalue weighted by Crippen LogP contribution is -2.41. The molecule has 0 atom stereocenters. The van der Waals surface area contributed by atoms with E-state index in [-0.39, 0.29) is 11.8 Å². The molecule has 7 nitrogen and oxygen atoms in total. The molecule has 1 fully saturated rings. The van der Waals surface area contributed by atoms with Gasteiger partial charge in [-0.05, 0) is 43.3 Å². The van der Waals surface area contributed by atoms with Crippen LogP contribution in [0, 0.1) is 6.92 Å². The first-order chi connectivity index (χ1) is 14.5. The zero-order chi connectivity index (χ0) is 21.1. The minimum Gasteiger partial charge on any atom is -0.379 e. The zero-order valence-electron chi connectivity index (χ0n) is 17.3. The molecule has 0 spiro atoms. The Morgan fingerprint density at radius 1 is 1.00 bits per heavy atom. The van der Waals surface area contributed by atoms with Gasteiger partial charge in [-0.2, -0.15) is 0 Å². The van der Waals surface area contributed by atoms with Gasteiger partial charge in [-0.15, -0.1) is 0 Å². The van der Waals surface area contributed by atoms with E-state index in [2.05, 4.69) is 21.6 Å². The van der Waals surface area contributed by atoms with E-state index in [0.29, 0.717) is 36.8 Å². The van der Waals surface area contributed by atoms with E-state index in [1.54, 1.807) is 6.07 Å². The Kier molecular flexibility index (Phi) is 5.83. The van der Waals surface area contributed by atoms with Gasteiger partial charge in [0.15, 0.2) is 0 Å². The molecule has 7 heteroatoms. The molecular formula is C23H26N4O3. The molecule has 1 saturated heterocycles. The molecule has 3 aromatic rings. The van der Waals surface area contributed by atoms with Crippen LogP contribution in [0.4, 0.5) is 11.4 Å². The minimum absolute atomic E-state index is 0.0792. The highest BCUT2D eigenvalue weighted by Gasteiger charge is 2.16. The maximum atomic E-state index is 12.8. The van der Waals surface area contributed by atoms with Gasteiger partial charge in [-0.25, -0.2) is 0 Å². The van der Waals surface area contributed by atoms with Crippen LogP contribution in [0.15, 0.2) is 48.5 Å². The summed E-state index contributed by atoms with van der Waals surface area (Å²) in [6.07, 6.45) is 0. The molecule has 2 aromatic carbocycles. The number of carbonyl (C=O) groups is 2. The van der Waals surface area contributed by atoms with Gasteiger partial charge in [-0.1, -0.05) is 17.7 Å². The highest BCUT2D eigenvalue weighted by molar-refractivity contribution is 6.06. The van der Waals surface area contributed by atoms with Gasteiger partial charge in [0, 0.05) is 42.4 Å². The fourth-order valence-corrected chi connectivity index (χ4v) is 3.72. The van der Waals surface area contributed by atoms with Crippen LogP contribution < -0.4 is 10.6 Å². The first-order valence-corrected chi connectivity index (χ1v) is 10.1. The van der Waals surface area contributed by atoms with Crippen molar-refractivity contribution in [3.63, 3.8) is 0 Å². The lowest BCUT2D eigenvalue weighted by atomic mass is 10.2. The summed E-state index contributed by atoms with van der Waals surface area (Å²) in [4.78, 5) is 27.2. The van der Waals surface area contributed by atoms with Crippen LogP contribution in [0.25, 0.3) is 10.9 Å². The first-order valence-electron chi connectivity index (χ1n) is 10.1. The summed E-state index contributed by atoms with van der Waals surface area (Å²) in [6, 6.07) is 15.2. The van der Waals surface area contributed by atoms with Gasteiger partial charge in [0.25, 0.3) is 5.91 Å². The SMILES string of the molecule is Cc1ccc2c(c1)cc(C(=O)Nc1cccc(NC(=O)CN3CCOCC3)c1)n2C. The van der Waals surface area contributed by atoms with Crippen molar-refractivity contribution in [2.24, 2.45) is 7.05 Å². The van der Waals surface area contributed by atoms with Crippen LogP contribution in [0.1, 0.15) is 16.1 Å². The Hall–Kier alpha value is -3.16. The summed E-state index contributed by atoms with van der Waals surface area (Å²) >= 11 is 0. The number of nitrogens with zero attached hydrogens (tertiary/aromatic N) is 2. The van der Waals surface area contributed by atoms with E-state index in [1.165, 1.54) is 0 Å². The van der Waals surface area contributed by atoms with Gasteiger partial charge >= 0.3 is 0 Å². The van der Waals surface area contributed by atoms with E-state index in [0.717, 1.165) is 29.6 Å². The number of aromatic nitrogens is 1. The van der Waals surface area contributed by atoms with Crippen molar-refractivity contribution in [1.29, 1.82) is 0 Å². The molecule has 30 heavy (non-hydrogen) atoms. The van der Waals surface area contributed by atoms with E-state index < -0.39 is 0 Å². The quantitative estimate of drug-likeness (QED) is 0.683. The van der Waals surface area contributed by atoms with Gasteiger partial charge < -0.3 is 19.9 Å². The predicted octanol–water partition coefficient (Wildman–Crippen LogP) is 3.01. The number of amides is 2. The summed E-state index contributed by atoms with van der Waals surface area (Å²) in [6.45, 7) is 5.19. The molecule has 0 saturated carbocycles. The molecule has 1 aliphatic rings. The van der Waals surface area contributed by atoms with Gasteiger partial charge in [-0.3, -0.25) is 14.5 Å². The van der Waals surface area contributed by atoms with Crippen molar-refractivity contribution in [3.05, 3.63) is 59.8 Å². The fourth-order valence-electron chi connectivity index (χ4n) is 3.72. The van der Waals surface area contributed by atoms with Gasteiger partial charge in [0.1, 0.15) is 5.69 Å². The molecular weight excluding hydrogens is 380 g/mol. The standard InChI is InChI=1S/C23H26N4O3/c1-16-6-7-20-17(12-16)13-21(26(20)2)23(29)25-19-5-3-4-18(14-19)24-22(28)15-27-8-10-30-11-9-27/h3-7,12-14H,8-11,15H2,1-2H3,(H,24,28)(H,25,29). The number of anilines is 2.